The zero-order valence-electron chi connectivity index (χ0n) is 14.0. The molecule has 6 heteroatoms. The van der Waals surface area contributed by atoms with Crippen LogP contribution < -0.4 is 4.74 Å². The lowest BCUT2D eigenvalue weighted by Gasteiger charge is -2.13. The molecule has 0 unspecified atom stereocenters. The molecule has 0 aliphatic carbocycles. The molecule has 25 heavy (non-hydrogen) atoms. The molecule has 0 atom stereocenters. The summed E-state index contributed by atoms with van der Waals surface area (Å²) in [5, 5.41) is 15.4. The van der Waals surface area contributed by atoms with Gasteiger partial charge in [0.05, 0.1) is 29.1 Å². The summed E-state index contributed by atoms with van der Waals surface area (Å²) in [5.74, 6) is 0.852. The minimum atomic E-state index is -0.400. The van der Waals surface area contributed by atoms with E-state index in [4.69, 9.17) is 4.74 Å². The Morgan fingerprint density at radius 3 is 2.60 bits per heavy atom. The lowest BCUT2D eigenvalue weighted by Crippen LogP contribution is -2.01. The van der Waals surface area contributed by atoms with Gasteiger partial charge >= 0.3 is 0 Å². The molecule has 1 aromatic heterocycles. The summed E-state index contributed by atoms with van der Waals surface area (Å²) in [7, 11) is 0. The molecule has 0 spiro atoms. The number of nitro groups is 1. The number of hydrogen-bond acceptors (Lipinski definition) is 4. The predicted octanol–water partition coefficient (Wildman–Crippen LogP) is 4.00. The quantitative estimate of drug-likeness (QED) is 0.524. The van der Waals surface area contributed by atoms with Crippen molar-refractivity contribution in [2.24, 2.45) is 0 Å². The van der Waals surface area contributed by atoms with Gasteiger partial charge in [-0.3, -0.25) is 10.1 Å². The Morgan fingerprint density at radius 1 is 1.16 bits per heavy atom. The van der Waals surface area contributed by atoms with Crippen LogP contribution in [0, 0.1) is 24.0 Å². The third-order valence-electron chi connectivity index (χ3n) is 4.63. The van der Waals surface area contributed by atoms with Crippen molar-refractivity contribution in [1.29, 1.82) is 0 Å². The molecular weight excluding hydrogens is 318 g/mol. The summed E-state index contributed by atoms with van der Waals surface area (Å²) in [6.07, 6.45) is 2.62. The highest BCUT2D eigenvalue weighted by Gasteiger charge is 2.22. The lowest BCUT2D eigenvalue weighted by molar-refractivity contribution is -0.384. The molecule has 3 aromatic rings. The summed E-state index contributed by atoms with van der Waals surface area (Å²) in [4.78, 5) is 10.5. The number of fused-ring (bicyclic) bond motifs is 3. The summed E-state index contributed by atoms with van der Waals surface area (Å²) in [5.41, 5.74) is 6.33. The van der Waals surface area contributed by atoms with E-state index >= 15 is 0 Å². The van der Waals surface area contributed by atoms with E-state index in [-0.39, 0.29) is 5.69 Å². The van der Waals surface area contributed by atoms with Gasteiger partial charge in [-0.2, -0.15) is 5.10 Å². The Labute approximate surface area is 144 Å². The molecule has 0 fully saturated rings. The second-order valence-electron chi connectivity index (χ2n) is 6.23. The van der Waals surface area contributed by atoms with Crippen LogP contribution in [0.3, 0.4) is 0 Å². The normalized spacial score (nSPS) is 12.7. The van der Waals surface area contributed by atoms with Gasteiger partial charge in [-0.15, -0.1) is 0 Å². The third kappa shape index (κ3) is 2.55. The SMILES string of the molecule is Cc1cc2c(cc1C)-c1c(cnn1-c1ccc([N+](=O)[O-])cc1)CCO2. The van der Waals surface area contributed by atoms with Gasteiger partial charge in [-0.1, -0.05) is 0 Å². The van der Waals surface area contributed by atoms with Crippen molar-refractivity contribution in [3.05, 3.63) is 69.4 Å². The molecule has 2 heterocycles. The average Bonchev–Trinajstić information content (AvgIpc) is 2.94. The van der Waals surface area contributed by atoms with Gasteiger partial charge in [0.1, 0.15) is 5.75 Å². The third-order valence-corrected chi connectivity index (χ3v) is 4.63. The maximum atomic E-state index is 10.9. The van der Waals surface area contributed by atoms with Crippen LogP contribution in [0.25, 0.3) is 16.9 Å². The minimum Gasteiger partial charge on any atom is -0.493 e. The molecule has 1 aliphatic rings. The second kappa shape index (κ2) is 5.73. The highest BCUT2D eigenvalue weighted by Crippen LogP contribution is 2.38. The fourth-order valence-electron chi connectivity index (χ4n) is 3.13. The zero-order valence-corrected chi connectivity index (χ0v) is 14.0. The van der Waals surface area contributed by atoms with Crippen LogP contribution in [0.1, 0.15) is 16.7 Å². The fourth-order valence-corrected chi connectivity index (χ4v) is 3.13. The maximum Gasteiger partial charge on any atom is 0.269 e. The predicted molar refractivity (Wildman–Crippen MR) is 94.3 cm³/mol. The van der Waals surface area contributed by atoms with Gasteiger partial charge in [0.25, 0.3) is 5.69 Å². The number of aromatic nitrogens is 2. The Bertz CT molecular complexity index is 974. The van der Waals surface area contributed by atoms with E-state index in [0.717, 1.165) is 34.7 Å². The molecule has 6 nitrogen and oxygen atoms in total. The van der Waals surface area contributed by atoms with Crippen molar-refractivity contribution in [2.45, 2.75) is 20.3 Å². The second-order valence-corrected chi connectivity index (χ2v) is 6.23. The number of hydrogen-bond donors (Lipinski definition) is 0. The van der Waals surface area contributed by atoms with Crippen LogP contribution in [0.4, 0.5) is 5.69 Å². The summed E-state index contributed by atoms with van der Waals surface area (Å²) in [6, 6.07) is 10.6. The highest BCUT2D eigenvalue weighted by molar-refractivity contribution is 5.74. The van der Waals surface area contributed by atoms with E-state index in [0.29, 0.717) is 6.61 Å². The smallest absolute Gasteiger partial charge is 0.269 e. The molecule has 0 saturated heterocycles. The van der Waals surface area contributed by atoms with Crippen molar-refractivity contribution in [1.82, 2.24) is 9.78 Å². The number of aryl methyl sites for hydroxylation is 2. The Morgan fingerprint density at radius 2 is 1.88 bits per heavy atom. The van der Waals surface area contributed by atoms with Gasteiger partial charge in [-0.25, -0.2) is 4.68 Å². The number of ether oxygens (including phenoxy) is 1. The molecule has 0 saturated carbocycles. The summed E-state index contributed by atoms with van der Waals surface area (Å²) >= 11 is 0. The van der Waals surface area contributed by atoms with Crippen molar-refractivity contribution in [2.75, 3.05) is 6.61 Å². The Hall–Kier alpha value is -3.15. The van der Waals surface area contributed by atoms with Crippen LogP contribution in [0.5, 0.6) is 5.75 Å². The number of nitro benzene ring substituents is 1. The lowest BCUT2D eigenvalue weighted by atomic mass is 10.0. The molecular formula is C19H17N3O3. The summed E-state index contributed by atoms with van der Waals surface area (Å²) in [6.45, 7) is 4.75. The van der Waals surface area contributed by atoms with E-state index < -0.39 is 4.92 Å². The van der Waals surface area contributed by atoms with Crippen molar-refractivity contribution < 1.29 is 9.66 Å². The van der Waals surface area contributed by atoms with Gasteiger partial charge < -0.3 is 4.74 Å². The number of rotatable bonds is 2. The molecule has 0 radical (unpaired) electrons. The van der Waals surface area contributed by atoms with Gasteiger partial charge in [-0.05, 0) is 49.2 Å². The molecule has 126 valence electrons. The maximum absolute atomic E-state index is 10.9. The molecule has 0 bridgehead atoms. The number of nitrogens with zero attached hydrogens (tertiary/aromatic N) is 3. The van der Waals surface area contributed by atoms with Crippen LogP contribution in [0.15, 0.2) is 42.6 Å². The standard InChI is InChI=1S/C19H17N3O3/c1-12-9-17-18(10-13(12)2)25-8-7-14-11-20-21(19(14)17)15-3-5-16(6-4-15)22(23)24/h3-6,9-11H,7-8H2,1-2H3. The van der Waals surface area contributed by atoms with Gasteiger partial charge in [0.15, 0.2) is 0 Å². The van der Waals surface area contributed by atoms with Crippen LogP contribution in [-0.4, -0.2) is 21.3 Å². The van der Waals surface area contributed by atoms with Gasteiger partial charge in [0, 0.05) is 29.7 Å². The van der Waals surface area contributed by atoms with Crippen molar-refractivity contribution in [3.8, 4) is 22.7 Å². The van der Waals surface area contributed by atoms with Crippen LogP contribution >= 0.6 is 0 Å². The van der Waals surface area contributed by atoms with Crippen molar-refractivity contribution >= 4 is 5.69 Å². The number of non-ortho nitro benzene ring substituents is 1. The first kappa shape index (κ1) is 15.4. The molecule has 1 aliphatic heterocycles. The van der Waals surface area contributed by atoms with E-state index in [1.165, 1.54) is 23.3 Å². The van der Waals surface area contributed by atoms with E-state index in [9.17, 15) is 10.1 Å². The van der Waals surface area contributed by atoms with Crippen LogP contribution in [-0.2, 0) is 6.42 Å². The first-order chi connectivity index (χ1) is 12.0. The zero-order chi connectivity index (χ0) is 17.6. The summed E-state index contributed by atoms with van der Waals surface area (Å²) < 4.78 is 7.77. The molecule has 0 N–H and O–H groups in total. The Kier molecular flexibility index (Phi) is 3.53. The minimum absolute atomic E-state index is 0.0669. The van der Waals surface area contributed by atoms with E-state index in [1.807, 2.05) is 10.9 Å². The average molecular weight is 335 g/mol. The molecule has 0 amide bonds. The van der Waals surface area contributed by atoms with E-state index in [2.05, 4.69) is 31.1 Å². The highest BCUT2D eigenvalue weighted by atomic mass is 16.6. The number of benzene rings is 2. The van der Waals surface area contributed by atoms with E-state index in [1.54, 1.807) is 12.1 Å². The Balaban J connectivity index is 1.90. The largest absolute Gasteiger partial charge is 0.493 e. The first-order valence-electron chi connectivity index (χ1n) is 8.11. The fraction of sp³-hybridized carbons (Fsp3) is 0.211. The van der Waals surface area contributed by atoms with Crippen LogP contribution in [0.2, 0.25) is 0 Å². The van der Waals surface area contributed by atoms with Gasteiger partial charge in [0.2, 0.25) is 0 Å². The molecule has 4 rings (SSSR count). The monoisotopic (exact) mass is 335 g/mol. The molecule has 2 aromatic carbocycles. The first-order valence-corrected chi connectivity index (χ1v) is 8.11. The van der Waals surface area contributed by atoms with Crippen molar-refractivity contribution in [3.63, 3.8) is 0 Å². The topological polar surface area (TPSA) is 70.2 Å².